The Morgan fingerprint density at radius 2 is 1.57 bits per heavy atom. The van der Waals surface area contributed by atoms with Gasteiger partial charge in [0.05, 0.1) is 6.42 Å². The second-order valence-electron chi connectivity index (χ2n) is 8.08. The molecule has 3 aromatic rings. The van der Waals surface area contributed by atoms with Crippen molar-refractivity contribution in [2.75, 3.05) is 10.6 Å². The van der Waals surface area contributed by atoms with E-state index in [1.807, 2.05) is 56.3 Å². The van der Waals surface area contributed by atoms with Gasteiger partial charge in [0.1, 0.15) is 12.4 Å². The normalized spacial score (nSPS) is 10.9. The maximum atomic E-state index is 12.3. The zero-order valence-corrected chi connectivity index (χ0v) is 19.9. The molecule has 0 aromatic heterocycles. The summed E-state index contributed by atoms with van der Waals surface area (Å²) in [6.07, 6.45) is -0.0505. The lowest BCUT2D eigenvalue weighted by molar-refractivity contribution is -0.136. The van der Waals surface area contributed by atoms with Crippen molar-refractivity contribution in [1.29, 1.82) is 0 Å². The molecular weight excluding hydrogens is 444 g/mol. The Kier molecular flexibility index (Phi) is 8.72. The zero-order chi connectivity index (χ0) is 25.2. The van der Waals surface area contributed by atoms with Gasteiger partial charge in [0.25, 0.3) is 0 Å². The summed E-state index contributed by atoms with van der Waals surface area (Å²) in [6.45, 7) is 5.76. The average molecular weight is 473 g/mol. The number of amides is 3. The van der Waals surface area contributed by atoms with Gasteiger partial charge in [0.15, 0.2) is 0 Å². The minimum absolute atomic E-state index is 0.0505. The molecule has 3 N–H and O–H groups in total. The van der Waals surface area contributed by atoms with Crippen LogP contribution in [0.4, 0.5) is 11.4 Å². The minimum atomic E-state index is -0.920. The van der Waals surface area contributed by atoms with Gasteiger partial charge in [-0.1, -0.05) is 42.5 Å². The van der Waals surface area contributed by atoms with Crippen molar-refractivity contribution in [1.82, 2.24) is 5.43 Å². The summed E-state index contributed by atoms with van der Waals surface area (Å²) in [5.41, 5.74) is 6.55. The van der Waals surface area contributed by atoms with E-state index in [1.54, 1.807) is 37.3 Å². The Hall–Kier alpha value is -4.46. The van der Waals surface area contributed by atoms with Gasteiger partial charge in [0.2, 0.25) is 5.91 Å². The Morgan fingerprint density at radius 1 is 0.857 bits per heavy atom. The summed E-state index contributed by atoms with van der Waals surface area (Å²) in [5.74, 6) is -1.38. The summed E-state index contributed by atoms with van der Waals surface area (Å²) >= 11 is 0. The van der Waals surface area contributed by atoms with Crippen LogP contribution in [0.5, 0.6) is 5.75 Å². The summed E-state index contributed by atoms with van der Waals surface area (Å²) in [7, 11) is 0. The Labute approximate surface area is 204 Å². The SMILES string of the molecule is C/C(CC(=O)Nc1ccc(OCc2ccccc2)cc1)=N/NC(=O)C(=O)Nc1cc(C)ccc1C. The summed E-state index contributed by atoms with van der Waals surface area (Å²) < 4.78 is 5.74. The Bertz CT molecular complexity index is 1220. The van der Waals surface area contributed by atoms with Crippen molar-refractivity contribution >= 4 is 34.8 Å². The fourth-order valence-corrected chi connectivity index (χ4v) is 3.10. The van der Waals surface area contributed by atoms with Crippen LogP contribution in [0, 0.1) is 13.8 Å². The molecule has 0 fully saturated rings. The molecule has 3 aromatic carbocycles. The number of benzene rings is 3. The monoisotopic (exact) mass is 472 g/mol. The van der Waals surface area contributed by atoms with E-state index in [2.05, 4.69) is 21.2 Å². The number of aryl methyl sites for hydroxylation is 2. The van der Waals surface area contributed by atoms with Crippen LogP contribution in [0.25, 0.3) is 0 Å². The van der Waals surface area contributed by atoms with Crippen molar-refractivity contribution in [2.45, 2.75) is 33.8 Å². The first-order chi connectivity index (χ1) is 16.8. The highest BCUT2D eigenvalue weighted by atomic mass is 16.5. The first-order valence-electron chi connectivity index (χ1n) is 11.1. The van der Waals surface area contributed by atoms with Gasteiger partial charge in [0, 0.05) is 17.1 Å². The number of nitrogens with zero attached hydrogens (tertiary/aromatic N) is 1. The van der Waals surface area contributed by atoms with Gasteiger partial charge in [-0.25, -0.2) is 5.43 Å². The van der Waals surface area contributed by atoms with Crippen LogP contribution < -0.4 is 20.8 Å². The molecule has 0 bridgehead atoms. The number of nitrogens with one attached hydrogen (secondary N) is 3. The van der Waals surface area contributed by atoms with Gasteiger partial charge in [-0.15, -0.1) is 0 Å². The topological polar surface area (TPSA) is 109 Å². The van der Waals surface area contributed by atoms with E-state index in [9.17, 15) is 14.4 Å². The third-order valence-electron chi connectivity index (χ3n) is 5.00. The van der Waals surface area contributed by atoms with Crippen LogP contribution in [0.15, 0.2) is 77.9 Å². The molecule has 3 rings (SSSR count). The highest BCUT2D eigenvalue weighted by Gasteiger charge is 2.15. The van der Waals surface area contributed by atoms with Gasteiger partial charge in [-0.2, -0.15) is 5.10 Å². The van der Waals surface area contributed by atoms with Crippen LogP contribution in [0.3, 0.4) is 0 Å². The van der Waals surface area contributed by atoms with Gasteiger partial charge >= 0.3 is 11.8 Å². The maximum Gasteiger partial charge on any atom is 0.329 e. The number of rotatable bonds is 8. The number of carbonyl (C=O) groups is 3. The van der Waals surface area contributed by atoms with Gasteiger partial charge in [-0.3, -0.25) is 14.4 Å². The van der Waals surface area contributed by atoms with Crippen molar-refractivity contribution in [3.63, 3.8) is 0 Å². The highest BCUT2D eigenvalue weighted by molar-refractivity contribution is 6.39. The Balaban J connectivity index is 1.44. The number of anilines is 2. The highest BCUT2D eigenvalue weighted by Crippen LogP contribution is 2.18. The van der Waals surface area contributed by atoms with E-state index in [4.69, 9.17) is 4.74 Å². The molecule has 0 saturated heterocycles. The number of ether oxygens (including phenoxy) is 1. The molecule has 0 aliphatic heterocycles. The summed E-state index contributed by atoms with van der Waals surface area (Å²) in [6, 6.07) is 22.4. The van der Waals surface area contributed by atoms with E-state index < -0.39 is 11.8 Å². The summed E-state index contributed by atoms with van der Waals surface area (Å²) in [5, 5.41) is 9.17. The lowest BCUT2D eigenvalue weighted by Crippen LogP contribution is -2.33. The first-order valence-corrected chi connectivity index (χ1v) is 11.1. The maximum absolute atomic E-state index is 12.3. The largest absolute Gasteiger partial charge is 0.489 e. The lowest BCUT2D eigenvalue weighted by Gasteiger charge is -2.09. The van der Waals surface area contributed by atoms with Crippen molar-refractivity contribution in [3.8, 4) is 5.75 Å². The first kappa shape index (κ1) is 25.2. The number of hydrogen-bond donors (Lipinski definition) is 3. The predicted molar refractivity (Wildman–Crippen MR) is 136 cm³/mol. The van der Waals surface area contributed by atoms with Crippen molar-refractivity contribution in [3.05, 3.63) is 89.5 Å². The van der Waals surface area contributed by atoms with Crippen LogP contribution in [0.2, 0.25) is 0 Å². The molecular formula is C27H28N4O4. The second kappa shape index (κ2) is 12.1. The average Bonchev–Trinajstić information content (AvgIpc) is 2.85. The van der Waals surface area contributed by atoms with Gasteiger partial charge < -0.3 is 15.4 Å². The summed E-state index contributed by atoms with van der Waals surface area (Å²) in [4.78, 5) is 36.5. The third-order valence-corrected chi connectivity index (χ3v) is 5.00. The molecule has 8 heteroatoms. The predicted octanol–water partition coefficient (Wildman–Crippen LogP) is 4.34. The minimum Gasteiger partial charge on any atom is -0.489 e. The zero-order valence-electron chi connectivity index (χ0n) is 19.9. The van der Waals surface area contributed by atoms with E-state index in [-0.39, 0.29) is 12.3 Å². The van der Waals surface area contributed by atoms with Gasteiger partial charge in [-0.05, 0) is 67.8 Å². The molecule has 0 atom stereocenters. The molecule has 3 amide bonds. The third kappa shape index (κ3) is 8.12. The molecule has 0 spiro atoms. The molecule has 35 heavy (non-hydrogen) atoms. The van der Waals surface area contributed by atoms with Crippen LogP contribution in [-0.2, 0) is 21.0 Å². The molecule has 180 valence electrons. The Morgan fingerprint density at radius 3 is 2.29 bits per heavy atom. The van der Waals surface area contributed by atoms with E-state index in [0.29, 0.717) is 29.4 Å². The van der Waals surface area contributed by atoms with Crippen LogP contribution >= 0.6 is 0 Å². The van der Waals surface area contributed by atoms with Crippen LogP contribution in [0.1, 0.15) is 30.0 Å². The van der Waals surface area contributed by atoms with E-state index in [1.165, 1.54) is 0 Å². The number of hydrogen-bond acceptors (Lipinski definition) is 5. The fraction of sp³-hybridized carbons (Fsp3) is 0.185. The number of carbonyl (C=O) groups excluding carboxylic acids is 3. The molecule has 0 heterocycles. The molecule has 0 saturated carbocycles. The fourth-order valence-electron chi connectivity index (χ4n) is 3.10. The standard InChI is InChI=1S/C27H28N4O4/c1-18-9-10-19(2)24(15-18)29-26(33)27(34)31-30-20(3)16-25(32)28-22-11-13-23(14-12-22)35-17-21-7-5-4-6-8-21/h4-15H,16-17H2,1-3H3,(H,28,32)(H,29,33)(H,31,34)/b30-20-. The van der Waals surface area contributed by atoms with Crippen molar-refractivity contribution in [2.24, 2.45) is 5.10 Å². The van der Waals surface area contributed by atoms with Crippen LogP contribution in [-0.4, -0.2) is 23.4 Å². The number of hydrazone groups is 1. The molecule has 0 unspecified atom stereocenters. The van der Waals surface area contributed by atoms with E-state index in [0.717, 1.165) is 16.7 Å². The lowest BCUT2D eigenvalue weighted by atomic mass is 10.1. The quantitative estimate of drug-likeness (QED) is 0.257. The molecule has 0 radical (unpaired) electrons. The smallest absolute Gasteiger partial charge is 0.329 e. The molecule has 0 aliphatic carbocycles. The van der Waals surface area contributed by atoms with Crippen molar-refractivity contribution < 1.29 is 19.1 Å². The molecule has 8 nitrogen and oxygen atoms in total. The second-order valence-corrected chi connectivity index (χ2v) is 8.08. The van der Waals surface area contributed by atoms with E-state index >= 15 is 0 Å². The molecule has 0 aliphatic rings.